The minimum absolute atomic E-state index is 0.0206. The van der Waals surface area contributed by atoms with Gasteiger partial charge in [0.1, 0.15) is 0 Å². The SMILES string of the molecule is CCC(=O)OCC(=O)[C@@]1(OC(=O)CC)[C@@H](C)C[C@H]2[C@@H]3CCC4=CC(=O)C=C[C@]4(C)[C@@]3(F)C(=O)C[C@@]21C. The number of allylic oxidation sites excluding steroid dienone is 4. The third kappa shape index (κ3) is 3.32. The number of carbonyl (C=O) groups is 5. The van der Waals surface area contributed by atoms with Crippen LogP contribution in [0.25, 0.3) is 0 Å². The minimum Gasteiger partial charge on any atom is -0.457 e. The van der Waals surface area contributed by atoms with E-state index >= 15 is 4.39 Å². The highest BCUT2D eigenvalue weighted by molar-refractivity contribution is 6.03. The van der Waals surface area contributed by atoms with Crippen molar-refractivity contribution in [1.82, 2.24) is 0 Å². The molecule has 36 heavy (non-hydrogen) atoms. The van der Waals surface area contributed by atoms with Crippen LogP contribution < -0.4 is 0 Å². The summed E-state index contributed by atoms with van der Waals surface area (Å²) in [6.07, 6.45) is 5.27. The van der Waals surface area contributed by atoms with Gasteiger partial charge in [-0.1, -0.05) is 39.3 Å². The van der Waals surface area contributed by atoms with Gasteiger partial charge in [0.25, 0.3) is 0 Å². The lowest BCUT2D eigenvalue weighted by atomic mass is 9.45. The molecular formula is C28H35FO7. The first-order valence-corrected chi connectivity index (χ1v) is 12.9. The molecule has 0 bridgehead atoms. The molecule has 0 saturated heterocycles. The zero-order valence-electron chi connectivity index (χ0n) is 21.6. The van der Waals surface area contributed by atoms with Crippen LogP contribution in [0.1, 0.15) is 73.1 Å². The van der Waals surface area contributed by atoms with Gasteiger partial charge in [0.15, 0.2) is 29.4 Å². The molecule has 0 aromatic rings. The van der Waals surface area contributed by atoms with Crippen LogP contribution in [0, 0.1) is 28.6 Å². The van der Waals surface area contributed by atoms with Crippen molar-refractivity contribution in [3.63, 3.8) is 0 Å². The van der Waals surface area contributed by atoms with Crippen LogP contribution in [0.4, 0.5) is 4.39 Å². The van der Waals surface area contributed by atoms with Crippen LogP contribution in [-0.2, 0) is 33.4 Å². The molecular weight excluding hydrogens is 467 g/mol. The summed E-state index contributed by atoms with van der Waals surface area (Å²) >= 11 is 0. The van der Waals surface area contributed by atoms with Gasteiger partial charge in [0.05, 0.1) is 0 Å². The summed E-state index contributed by atoms with van der Waals surface area (Å²) in [5, 5.41) is 0. The highest BCUT2D eigenvalue weighted by Gasteiger charge is 2.77. The lowest BCUT2D eigenvalue weighted by Crippen LogP contribution is -2.68. The van der Waals surface area contributed by atoms with Crippen molar-refractivity contribution in [2.45, 2.75) is 84.4 Å². The highest BCUT2D eigenvalue weighted by atomic mass is 19.1. The monoisotopic (exact) mass is 502 g/mol. The molecule has 0 radical (unpaired) electrons. The predicted octanol–water partition coefficient (Wildman–Crippen LogP) is 4.03. The number of hydrogen-bond acceptors (Lipinski definition) is 7. The lowest BCUT2D eigenvalue weighted by Gasteiger charge is -2.59. The van der Waals surface area contributed by atoms with Crippen LogP contribution >= 0.6 is 0 Å². The number of fused-ring (bicyclic) bond motifs is 5. The van der Waals surface area contributed by atoms with Gasteiger partial charge in [-0.25, -0.2) is 4.39 Å². The Hall–Kier alpha value is -2.64. The van der Waals surface area contributed by atoms with Gasteiger partial charge < -0.3 is 9.47 Å². The van der Waals surface area contributed by atoms with E-state index in [1.165, 1.54) is 18.2 Å². The molecule has 196 valence electrons. The molecule has 0 amide bonds. The van der Waals surface area contributed by atoms with Crippen molar-refractivity contribution in [1.29, 1.82) is 0 Å². The first kappa shape index (κ1) is 26.4. The van der Waals surface area contributed by atoms with Crippen molar-refractivity contribution in [2.24, 2.45) is 28.6 Å². The molecule has 0 aromatic carbocycles. The summed E-state index contributed by atoms with van der Waals surface area (Å²) in [4.78, 5) is 64.1. The van der Waals surface area contributed by atoms with Crippen molar-refractivity contribution in [3.8, 4) is 0 Å². The topological polar surface area (TPSA) is 104 Å². The molecule has 0 unspecified atom stereocenters. The molecule has 4 rings (SSSR count). The number of ether oxygens (including phenoxy) is 2. The zero-order chi connectivity index (χ0) is 26.7. The molecule has 0 N–H and O–H groups in total. The van der Waals surface area contributed by atoms with E-state index in [4.69, 9.17) is 9.47 Å². The Kier molecular flexibility index (Phi) is 6.41. The number of halogens is 1. The molecule has 7 nitrogen and oxygen atoms in total. The van der Waals surface area contributed by atoms with Crippen molar-refractivity contribution in [3.05, 3.63) is 23.8 Å². The molecule has 3 fully saturated rings. The van der Waals surface area contributed by atoms with Crippen molar-refractivity contribution < 1.29 is 37.8 Å². The summed E-state index contributed by atoms with van der Waals surface area (Å²) in [6, 6.07) is 0. The van der Waals surface area contributed by atoms with E-state index in [0.717, 1.165) is 0 Å². The Labute approximate surface area is 210 Å². The average molecular weight is 503 g/mol. The van der Waals surface area contributed by atoms with Crippen LogP contribution in [0.15, 0.2) is 23.8 Å². The maximum absolute atomic E-state index is 17.3. The standard InChI is InChI=1S/C28H35FO7/c1-6-23(33)35-15-22(32)28(36-24(34)7-2)16(3)12-20-19-9-8-17-13-18(30)10-11-25(17,4)27(19,29)21(31)14-26(20,28)5/h10-11,13,16,19-20H,6-9,12,14-15H2,1-5H3/t16-,19-,20-,25-,26-,27-,28-/m0/s1. The molecule has 3 saturated carbocycles. The van der Waals surface area contributed by atoms with Crippen molar-refractivity contribution in [2.75, 3.05) is 6.61 Å². The molecule has 0 heterocycles. The van der Waals surface area contributed by atoms with E-state index in [-0.39, 0.29) is 25.0 Å². The second-order valence-electron chi connectivity index (χ2n) is 11.2. The smallest absolute Gasteiger partial charge is 0.306 e. The number of rotatable bonds is 6. The van der Waals surface area contributed by atoms with Gasteiger partial charge >= 0.3 is 11.9 Å². The first-order chi connectivity index (χ1) is 16.8. The van der Waals surface area contributed by atoms with E-state index in [2.05, 4.69) is 0 Å². The number of hydrogen-bond donors (Lipinski definition) is 0. The third-order valence-electron chi connectivity index (χ3n) is 9.57. The van der Waals surface area contributed by atoms with E-state index in [1.54, 1.807) is 34.6 Å². The predicted molar refractivity (Wildman–Crippen MR) is 127 cm³/mol. The van der Waals surface area contributed by atoms with Gasteiger partial charge in [-0.2, -0.15) is 0 Å². The van der Waals surface area contributed by atoms with E-state index in [0.29, 0.717) is 24.8 Å². The fraction of sp³-hybridized carbons (Fsp3) is 0.679. The van der Waals surface area contributed by atoms with E-state index in [9.17, 15) is 24.0 Å². The lowest BCUT2D eigenvalue weighted by molar-refractivity contribution is -0.204. The van der Waals surface area contributed by atoms with Crippen LogP contribution in [0.3, 0.4) is 0 Å². The largest absolute Gasteiger partial charge is 0.457 e. The third-order valence-corrected chi connectivity index (χ3v) is 9.57. The Morgan fingerprint density at radius 2 is 1.75 bits per heavy atom. The fourth-order valence-corrected chi connectivity index (χ4v) is 7.73. The van der Waals surface area contributed by atoms with Gasteiger partial charge in [0, 0.05) is 41.9 Å². The van der Waals surface area contributed by atoms with Crippen LogP contribution in [0.5, 0.6) is 0 Å². The molecule has 8 heteroatoms. The molecule has 0 spiro atoms. The fourth-order valence-electron chi connectivity index (χ4n) is 7.73. The Bertz CT molecular complexity index is 1090. The maximum atomic E-state index is 17.3. The first-order valence-electron chi connectivity index (χ1n) is 12.9. The van der Waals surface area contributed by atoms with Gasteiger partial charge in [-0.15, -0.1) is 0 Å². The Morgan fingerprint density at radius 1 is 1.08 bits per heavy atom. The summed E-state index contributed by atoms with van der Waals surface area (Å²) in [7, 11) is 0. The molecule has 0 aromatic heterocycles. The number of Topliss-reactive ketones (excluding diaryl/α,β-unsaturated/α-hetero) is 2. The van der Waals surface area contributed by atoms with E-state index < -0.39 is 70.0 Å². The molecule has 4 aliphatic rings. The molecule has 0 aliphatic heterocycles. The summed E-state index contributed by atoms with van der Waals surface area (Å²) in [5.74, 6) is -4.28. The normalized spacial score (nSPS) is 41.1. The summed E-state index contributed by atoms with van der Waals surface area (Å²) < 4.78 is 28.3. The van der Waals surface area contributed by atoms with Gasteiger partial charge in [-0.05, 0) is 44.3 Å². The van der Waals surface area contributed by atoms with Crippen LogP contribution in [0.2, 0.25) is 0 Å². The zero-order valence-corrected chi connectivity index (χ0v) is 21.6. The van der Waals surface area contributed by atoms with E-state index in [1.807, 2.05) is 0 Å². The quantitative estimate of drug-likeness (QED) is 0.505. The Balaban J connectivity index is 1.81. The van der Waals surface area contributed by atoms with Crippen molar-refractivity contribution >= 4 is 29.3 Å². The second-order valence-corrected chi connectivity index (χ2v) is 11.2. The minimum atomic E-state index is -2.25. The highest BCUT2D eigenvalue weighted by Crippen LogP contribution is 2.70. The maximum Gasteiger partial charge on any atom is 0.306 e. The average Bonchev–Trinajstić information content (AvgIpc) is 3.05. The summed E-state index contributed by atoms with van der Waals surface area (Å²) in [5.41, 5.74) is -5.78. The number of esters is 2. The van der Waals surface area contributed by atoms with Gasteiger partial charge in [0.2, 0.25) is 5.78 Å². The number of alkyl halides is 1. The molecule has 7 atom stereocenters. The van der Waals surface area contributed by atoms with Crippen LogP contribution in [-0.4, -0.2) is 47.2 Å². The second kappa shape index (κ2) is 8.73. The van der Waals surface area contributed by atoms with Gasteiger partial charge in [-0.3, -0.25) is 24.0 Å². The number of carbonyl (C=O) groups excluding carboxylic acids is 5. The molecule has 4 aliphatic carbocycles. The summed E-state index contributed by atoms with van der Waals surface area (Å²) in [6.45, 7) is 7.84. The number of ketones is 3. The Morgan fingerprint density at radius 3 is 2.39 bits per heavy atom.